The summed E-state index contributed by atoms with van der Waals surface area (Å²) in [7, 11) is 0. The van der Waals surface area contributed by atoms with Gasteiger partial charge in [0.05, 0.1) is 0 Å². The predicted octanol–water partition coefficient (Wildman–Crippen LogP) is 23.5. The standard InChI is InChI=1S/C76H124O6/c1-4-7-10-13-16-19-22-25-28-31-33-35-37-38-40-41-43-45-48-51-54-57-60-63-66-69-75(78)81-72-73(71-80-74(77)68-65-62-59-56-53-50-47-30-27-24-21-18-15-12-9-6-3)82-76(79)70-67-64-61-58-55-52-49-46-44-42-39-36-34-32-29-26-23-20-17-14-11-8-5-2/h7-8,10-11,16-17,19-21,24-26,28-30,33-36,42,44,47,49,52,73H,4-6,9,12-15,18,22-23,27,31-32,37-41,43,45-46,48,50-51,53-72H2,1-3H3/b10-7-,11-8-,19-16-,20-17-,24-21-,28-25-,29-26-,35-33-,36-34-,44-42-,47-30-,52-49-. The Hall–Kier alpha value is -4.71. The molecule has 0 fully saturated rings. The van der Waals surface area contributed by atoms with Crippen LogP contribution in [0.5, 0.6) is 0 Å². The Morgan fingerprint density at radius 1 is 0.256 bits per heavy atom. The molecule has 6 nitrogen and oxygen atoms in total. The van der Waals surface area contributed by atoms with Crippen molar-refractivity contribution < 1.29 is 28.6 Å². The third-order valence-electron chi connectivity index (χ3n) is 14.1. The van der Waals surface area contributed by atoms with Crippen LogP contribution in [0, 0.1) is 0 Å². The number of carbonyl (C=O) groups is 3. The highest BCUT2D eigenvalue weighted by Crippen LogP contribution is 2.15. The quantitative estimate of drug-likeness (QED) is 0.0261. The first-order valence-corrected chi connectivity index (χ1v) is 33.8. The molecule has 0 radical (unpaired) electrons. The fraction of sp³-hybridized carbons (Fsp3) is 0.645. The van der Waals surface area contributed by atoms with Crippen LogP contribution in [0.4, 0.5) is 0 Å². The zero-order valence-electron chi connectivity index (χ0n) is 53.2. The number of hydrogen-bond donors (Lipinski definition) is 0. The Morgan fingerprint density at radius 2 is 0.476 bits per heavy atom. The lowest BCUT2D eigenvalue weighted by Gasteiger charge is -2.18. The molecule has 6 heteroatoms. The first-order chi connectivity index (χ1) is 40.5. The number of ether oxygens (including phenoxy) is 3. The Balaban J connectivity index is 4.44. The number of allylic oxidation sites excluding steroid dienone is 24. The molecule has 0 aromatic rings. The molecular formula is C76H124O6. The van der Waals surface area contributed by atoms with Crippen molar-refractivity contribution in [3.63, 3.8) is 0 Å². The third-order valence-corrected chi connectivity index (χ3v) is 14.1. The van der Waals surface area contributed by atoms with E-state index in [-0.39, 0.29) is 37.5 Å². The fourth-order valence-corrected chi connectivity index (χ4v) is 9.06. The van der Waals surface area contributed by atoms with Crippen molar-refractivity contribution in [1.82, 2.24) is 0 Å². The van der Waals surface area contributed by atoms with Crippen molar-refractivity contribution in [2.75, 3.05) is 13.2 Å². The summed E-state index contributed by atoms with van der Waals surface area (Å²) in [5, 5.41) is 0. The van der Waals surface area contributed by atoms with E-state index in [1.165, 1.54) is 96.3 Å². The summed E-state index contributed by atoms with van der Waals surface area (Å²) < 4.78 is 16.9. The van der Waals surface area contributed by atoms with Crippen molar-refractivity contribution >= 4 is 17.9 Å². The molecule has 0 spiro atoms. The van der Waals surface area contributed by atoms with Gasteiger partial charge in [-0.2, -0.15) is 0 Å². The van der Waals surface area contributed by atoms with Crippen LogP contribution in [0.3, 0.4) is 0 Å². The van der Waals surface area contributed by atoms with E-state index in [4.69, 9.17) is 14.2 Å². The van der Waals surface area contributed by atoms with Crippen LogP contribution in [0.15, 0.2) is 146 Å². The Kier molecular flexibility index (Phi) is 64.8. The highest BCUT2D eigenvalue weighted by molar-refractivity contribution is 5.71. The molecule has 0 heterocycles. The molecule has 1 unspecified atom stereocenters. The molecule has 0 N–H and O–H groups in total. The SMILES string of the molecule is CC/C=C\C/C=C\C/C=C\C/C=C\C/C=C\C/C=C\CCCCCCC(=O)OC(COC(=O)CCCCCCC/C=C\C/C=C\CCCCCC)COC(=O)CCCCCCCCCCCCCC/C=C\C/C=C\C/C=C\C/C=C\CC. The molecule has 0 rings (SSSR count). The minimum absolute atomic E-state index is 0.0983. The molecule has 0 aliphatic heterocycles. The van der Waals surface area contributed by atoms with Gasteiger partial charge in [0.15, 0.2) is 6.10 Å². The van der Waals surface area contributed by atoms with E-state index in [0.29, 0.717) is 12.8 Å². The molecule has 464 valence electrons. The third kappa shape index (κ3) is 66.1. The van der Waals surface area contributed by atoms with Gasteiger partial charge in [0.1, 0.15) is 13.2 Å². The summed E-state index contributed by atoms with van der Waals surface area (Å²) in [5.41, 5.74) is 0. The second-order valence-corrected chi connectivity index (χ2v) is 22.0. The second-order valence-electron chi connectivity index (χ2n) is 22.0. The van der Waals surface area contributed by atoms with Gasteiger partial charge in [-0.1, -0.05) is 282 Å². The van der Waals surface area contributed by atoms with Gasteiger partial charge in [-0.15, -0.1) is 0 Å². The van der Waals surface area contributed by atoms with E-state index >= 15 is 0 Å². The molecule has 0 saturated carbocycles. The summed E-state index contributed by atoms with van der Waals surface area (Å²) in [4.78, 5) is 38.4. The van der Waals surface area contributed by atoms with Gasteiger partial charge in [0, 0.05) is 19.3 Å². The number of esters is 3. The van der Waals surface area contributed by atoms with Gasteiger partial charge in [-0.05, 0) is 141 Å². The van der Waals surface area contributed by atoms with E-state index < -0.39 is 6.10 Å². The topological polar surface area (TPSA) is 78.9 Å². The number of carbonyl (C=O) groups excluding carboxylic acids is 3. The fourth-order valence-electron chi connectivity index (χ4n) is 9.06. The minimum atomic E-state index is -0.807. The van der Waals surface area contributed by atoms with Crippen LogP contribution in [0.2, 0.25) is 0 Å². The van der Waals surface area contributed by atoms with Gasteiger partial charge in [0.2, 0.25) is 0 Å². The summed E-state index contributed by atoms with van der Waals surface area (Å²) >= 11 is 0. The molecule has 0 aromatic heterocycles. The maximum atomic E-state index is 12.9. The smallest absolute Gasteiger partial charge is 0.306 e. The monoisotopic (exact) mass is 1130 g/mol. The molecule has 0 aromatic carbocycles. The highest BCUT2D eigenvalue weighted by atomic mass is 16.6. The molecule has 0 aliphatic rings. The zero-order chi connectivity index (χ0) is 59.2. The first kappa shape index (κ1) is 77.3. The average molecular weight is 1130 g/mol. The van der Waals surface area contributed by atoms with Crippen LogP contribution >= 0.6 is 0 Å². The van der Waals surface area contributed by atoms with Gasteiger partial charge in [-0.25, -0.2) is 0 Å². The molecule has 0 aliphatic carbocycles. The zero-order valence-corrected chi connectivity index (χ0v) is 53.2. The Bertz CT molecular complexity index is 1780. The Morgan fingerprint density at radius 3 is 0.744 bits per heavy atom. The average Bonchev–Trinajstić information content (AvgIpc) is 3.47. The normalized spacial score (nSPS) is 13.1. The first-order valence-electron chi connectivity index (χ1n) is 33.8. The summed E-state index contributed by atoms with van der Waals surface area (Å²) in [6, 6.07) is 0. The van der Waals surface area contributed by atoms with Crippen LogP contribution in [0.25, 0.3) is 0 Å². The van der Waals surface area contributed by atoms with Crippen molar-refractivity contribution in [2.45, 2.75) is 303 Å². The van der Waals surface area contributed by atoms with E-state index in [2.05, 4.69) is 167 Å². The van der Waals surface area contributed by atoms with Crippen molar-refractivity contribution in [2.24, 2.45) is 0 Å². The predicted molar refractivity (Wildman–Crippen MR) is 357 cm³/mol. The van der Waals surface area contributed by atoms with E-state index in [1.807, 2.05) is 0 Å². The number of rotatable bonds is 60. The molecule has 0 saturated heterocycles. The summed E-state index contributed by atoms with van der Waals surface area (Å²) in [6.07, 6.45) is 98.5. The van der Waals surface area contributed by atoms with Crippen molar-refractivity contribution in [3.05, 3.63) is 146 Å². The lowest BCUT2D eigenvalue weighted by molar-refractivity contribution is -0.167. The second kappa shape index (κ2) is 68.8. The molecule has 82 heavy (non-hydrogen) atoms. The van der Waals surface area contributed by atoms with Crippen molar-refractivity contribution in [3.8, 4) is 0 Å². The van der Waals surface area contributed by atoms with E-state index in [9.17, 15) is 14.4 Å². The molecule has 0 amide bonds. The van der Waals surface area contributed by atoms with Crippen molar-refractivity contribution in [1.29, 1.82) is 0 Å². The van der Waals surface area contributed by atoms with Crippen LogP contribution in [-0.4, -0.2) is 37.2 Å². The maximum Gasteiger partial charge on any atom is 0.306 e. The molecular weight excluding hydrogens is 1010 g/mol. The van der Waals surface area contributed by atoms with Crippen LogP contribution in [0.1, 0.15) is 297 Å². The van der Waals surface area contributed by atoms with Crippen LogP contribution < -0.4 is 0 Å². The lowest BCUT2D eigenvalue weighted by Crippen LogP contribution is -2.30. The summed E-state index contributed by atoms with van der Waals surface area (Å²) in [6.45, 7) is 6.38. The van der Waals surface area contributed by atoms with Gasteiger partial charge in [-0.3, -0.25) is 14.4 Å². The highest BCUT2D eigenvalue weighted by Gasteiger charge is 2.19. The van der Waals surface area contributed by atoms with Crippen LogP contribution in [-0.2, 0) is 28.6 Å². The number of unbranched alkanes of at least 4 members (excludes halogenated alkanes) is 25. The Labute approximate surface area is 506 Å². The van der Waals surface area contributed by atoms with Gasteiger partial charge >= 0.3 is 17.9 Å². The largest absolute Gasteiger partial charge is 0.462 e. The van der Waals surface area contributed by atoms with Gasteiger partial charge < -0.3 is 14.2 Å². The lowest BCUT2D eigenvalue weighted by atomic mass is 10.0. The minimum Gasteiger partial charge on any atom is -0.462 e. The summed E-state index contributed by atoms with van der Waals surface area (Å²) in [5.74, 6) is -0.935. The van der Waals surface area contributed by atoms with E-state index in [0.717, 1.165) is 161 Å². The van der Waals surface area contributed by atoms with Gasteiger partial charge in [0.25, 0.3) is 0 Å². The number of hydrogen-bond acceptors (Lipinski definition) is 6. The maximum absolute atomic E-state index is 12.9. The molecule has 1 atom stereocenters. The molecule has 0 bridgehead atoms. The van der Waals surface area contributed by atoms with E-state index in [1.54, 1.807) is 0 Å².